The molecule has 2 aromatic carbocycles. The molecule has 35 heavy (non-hydrogen) atoms. The van der Waals surface area contributed by atoms with Gasteiger partial charge < -0.3 is 23.9 Å². The number of fused-ring (bicyclic) bond motifs is 3. The molecule has 1 aromatic heterocycles. The fourth-order valence-corrected chi connectivity index (χ4v) is 4.69. The average Bonchev–Trinajstić information content (AvgIpc) is 3.60. The Morgan fingerprint density at radius 2 is 1.97 bits per heavy atom. The first-order valence-corrected chi connectivity index (χ1v) is 11.7. The van der Waals surface area contributed by atoms with Crippen LogP contribution in [0.3, 0.4) is 0 Å². The third-order valence-electron chi connectivity index (χ3n) is 6.24. The van der Waals surface area contributed by atoms with Crippen LogP contribution in [-0.2, 0) is 28.9 Å². The van der Waals surface area contributed by atoms with E-state index in [0.717, 1.165) is 24.4 Å². The Hall–Kier alpha value is -2.91. The molecule has 10 heteroatoms. The summed E-state index contributed by atoms with van der Waals surface area (Å²) in [4.78, 5) is 11.2. The number of nitrogens with zero attached hydrogens (tertiary/aromatic N) is 1. The molecule has 3 aromatic rings. The van der Waals surface area contributed by atoms with Crippen molar-refractivity contribution >= 4 is 28.5 Å². The number of carboxylic acid groups (broad SMARTS) is 1. The molecule has 5 rings (SSSR count). The number of halogens is 4. The molecule has 0 saturated heterocycles. The van der Waals surface area contributed by atoms with Crippen molar-refractivity contribution in [3.05, 3.63) is 58.2 Å². The van der Waals surface area contributed by atoms with Gasteiger partial charge in [-0.25, -0.2) is 0 Å². The molecular formula is C25H23ClF3NO5. The lowest BCUT2D eigenvalue weighted by Crippen LogP contribution is -2.23. The zero-order valence-corrected chi connectivity index (χ0v) is 19.4. The van der Waals surface area contributed by atoms with Gasteiger partial charge in [0.25, 0.3) is 0 Å². The molecule has 1 fully saturated rings. The summed E-state index contributed by atoms with van der Waals surface area (Å²) >= 11 is 6.60. The number of carbonyl (C=O) groups is 1. The highest BCUT2D eigenvalue weighted by atomic mass is 35.5. The topological polar surface area (TPSA) is 69.9 Å². The van der Waals surface area contributed by atoms with Crippen molar-refractivity contribution in [2.24, 2.45) is 5.92 Å². The molecule has 0 bridgehead atoms. The van der Waals surface area contributed by atoms with Crippen LogP contribution in [0.2, 0.25) is 5.02 Å². The second-order valence-electron chi connectivity index (χ2n) is 8.86. The fourth-order valence-electron chi connectivity index (χ4n) is 4.31. The smallest absolute Gasteiger partial charge is 0.419 e. The van der Waals surface area contributed by atoms with Crippen LogP contribution in [-0.4, -0.2) is 28.9 Å². The summed E-state index contributed by atoms with van der Waals surface area (Å²) < 4.78 is 59.5. The number of ether oxygens (including phenoxy) is 3. The summed E-state index contributed by atoms with van der Waals surface area (Å²) in [5, 5.41) is 10.2. The summed E-state index contributed by atoms with van der Waals surface area (Å²) in [5.74, 6) is -0.387. The minimum Gasteiger partial charge on any atom is -0.493 e. The second-order valence-corrected chi connectivity index (χ2v) is 9.24. The van der Waals surface area contributed by atoms with Gasteiger partial charge in [-0.15, -0.1) is 0 Å². The van der Waals surface area contributed by atoms with Crippen LogP contribution in [0.5, 0.6) is 11.5 Å². The molecule has 0 spiro atoms. The minimum absolute atomic E-state index is 0.0760. The van der Waals surface area contributed by atoms with Gasteiger partial charge in [0.05, 0.1) is 41.4 Å². The highest BCUT2D eigenvalue weighted by molar-refractivity contribution is 6.36. The number of rotatable bonds is 8. The van der Waals surface area contributed by atoms with Crippen molar-refractivity contribution in [2.45, 2.75) is 44.7 Å². The normalized spacial score (nSPS) is 17.9. The van der Waals surface area contributed by atoms with E-state index in [1.54, 1.807) is 24.3 Å². The molecule has 0 unspecified atom stereocenters. The molecule has 1 N–H and O–H groups in total. The van der Waals surface area contributed by atoms with Crippen molar-refractivity contribution in [1.29, 1.82) is 0 Å². The molecule has 186 valence electrons. The molecule has 1 aliphatic carbocycles. The van der Waals surface area contributed by atoms with Gasteiger partial charge in [-0.05, 0) is 54.7 Å². The van der Waals surface area contributed by atoms with Crippen LogP contribution in [0.15, 0.2) is 36.4 Å². The number of benzene rings is 2. The summed E-state index contributed by atoms with van der Waals surface area (Å²) in [6.07, 6.45) is -3.44. The van der Waals surface area contributed by atoms with E-state index in [2.05, 4.69) is 0 Å². The molecule has 1 saturated carbocycles. The first-order valence-electron chi connectivity index (χ1n) is 11.3. The van der Waals surface area contributed by atoms with Crippen molar-refractivity contribution in [1.82, 2.24) is 4.57 Å². The predicted octanol–water partition coefficient (Wildman–Crippen LogP) is 6.23. The number of aromatic nitrogens is 1. The first-order chi connectivity index (χ1) is 16.7. The number of alkyl halides is 3. The molecule has 0 radical (unpaired) electrons. The number of aliphatic carboxylic acids is 1. The molecule has 1 atom stereocenters. The summed E-state index contributed by atoms with van der Waals surface area (Å²) in [6.45, 7) is 1.11. The molecule has 1 aliphatic heterocycles. The van der Waals surface area contributed by atoms with E-state index in [4.69, 9.17) is 25.8 Å². The van der Waals surface area contributed by atoms with Gasteiger partial charge in [0.2, 0.25) is 0 Å². The molecule has 0 amide bonds. The summed E-state index contributed by atoms with van der Waals surface area (Å²) in [7, 11) is 0. The van der Waals surface area contributed by atoms with Crippen molar-refractivity contribution < 1.29 is 37.3 Å². The maximum atomic E-state index is 13.6. The summed E-state index contributed by atoms with van der Waals surface area (Å²) in [5.41, 5.74) is 0.951. The van der Waals surface area contributed by atoms with Crippen LogP contribution in [0, 0.1) is 5.92 Å². The van der Waals surface area contributed by atoms with E-state index >= 15 is 0 Å². The lowest BCUT2D eigenvalue weighted by atomic mass is 10.1. The Bertz CT molecular complexity index is 1270. The van der Waals surface area contributed by atoms with E-state index in [0.29, 0.717) is 53.1 Å². The van der Waals surface area contributed by atoms with Crippen LogP contribution < -0.4 is 9.47 Å². The number of hydrogen-bond donors (Lipinski definition) is 1. The SMILES string of the molecule is O=C(O)C[C@@H]1OCCn2c1c(Cl)c1cc(OCc3ccc(OCC4CC4)c(C(F)(F)F)c3)ccc12. The maximum Gasteiger partial charge on any atom is 0.419 e. The van der Waals surface area contributed by atoms with Gasteiger partial charge in [-0.3, -0.25) is 4.79 Å². The van der Waals surface area contributed by atoms with Gasteiger partial charge in [-0.2, -0.15) is 13.2 Å². The van der Waals surface area contributed by atoms with Crippen molar-refractivity contribution in [3.8, 4) is 11.5 Å². The molecule has 2 aliphatic rings. The Labute approximate surface area is 204 Å². The number of carboxylic acids is 1. The molecular weight excluding hydrogens is 487 g/mol. The largest absolute Gasteiger partial charge is 0.493 e. The number of hydrogen-bond acceptors (Lipinski definition) is 4. The Morgan fingerprint density at radius 1 is 1.17 bits per heavy atom. The minimum atomic E-state index is -4.54. The van der Waals surface area contributed by atoms with Crippen LogP contribution in [0.4, 0.5) is 13.2 Å². The zero-order valence-electron chi connectivity index (χ0n) is 18.6. The van der Waals surface area contributed by atoms with E-state index in [9.17, 15) is 23.1 Å². The lowest BCUT2D eigenvalue weighted by Gasteiger charge is -2.25. The maximum absolute atomic E-state index is 13.6. The zero-order chi connectivity index (χ0) is 24.7. The Balaban J connectivity index is 1.36. The van der Waals surface area contributed by atoms with Crippen molar-refractivity contribution in [2.75, 3.05) is 13.2 Å². The van der Waals surface area contributed by atoms with E-state index < -0.39 is 23.8 Å². The van der Waals surface area contributed by atoms with Crippen LogP contribution >= 0.6 is 11.6 Å². The van der Waals surface area contributed by atoms with Crippen LogP contribution in [0.1, 0.15) is 42.2 Å². The highest BCUT2D eigenvalue weighted by Gasteiger charge is 2.35. The van der Waals surface area contributed by atoms with Crippen molar-refractivity contribution in [3.63, 3.8) is 0 Å². The van der Waals surface area contributed by atoms with E-state index in [1.807, 2.05) is 4.57 Å². The summed E-state index contributed by atoms with van der Waals surface area (Å²) in [6, 6.07) is 9.18. The fraction of sp³-hybridized carbons (Fsp3) is 0.400. The van der Waals surface area contributed by atoms with Gasteiger partial charge in [0.15, 0.2) is 0 Å². The van der Waals surface area contributed by atoms with Gasteiger partial charge in [-0.1, -0.05) is 17.7 Å². The van der Waals surface area contributed by atoms with Gasteiger partial charge >= 0.3 is 12.1 Å². The Morgan fingerprint density at radius 3 is 2.69 bits per heavy atom. The predicted molar refractivity (Wildman–Crippen MR) is 122 cm³/mol. The standard InChI is InChI=1S/C25H23ClF3NO5/c26-23-17-10-16(4-5-19(17)30-7-8-33-21(24(23)30)11-22(31)32)34-13-15-3-6-20(35-12-14-1-2-14)18(9-15)25(27,28)29/h3-6,9-10,14,21H,1-2,7-8,11-13H2,(H,31,32)/t21-/m0/s1. The van der Waals surface area contributed by atoms with Gasteiger partial charge in [0.1, 0.15) is 24.2 Å². The second kappa shape index (κ2) is 9.28. The van der Waals surface area contributed by atoms with E-state index in [1.165, 1.54) is 6.07 Å². The Kier molecular flexibility index (Phi) is 6.31. The third-order valence-corrected chi connectivity index (χ3v) is 6.63. The van der Waals surface area contributed by atoms with Crippen LogP contribution in [0.25, 0.3) is 10.9 Å². The average molecular weight is 510 g/mol. The lowest BCUT2D eigenvalue weighted by molar-refractivity contribution is -0.141. The highest BCUT2D eigenvalue weighted by Crippen LogP contribution is 2.41. The third kappa shape index (κ3) is 5.06. The molecule has 6 nitrogen and oxygen atoms in total. The van der Waals surface area contributed by atoms with E-state index in [-0.39, 0.29) is 18.8 Å². The first kappa shape index (κ1) is 23.8. The monoisotopic (exact) mass is 509 g/mol. The quantitative estimate of drug-likeness (QED) is 0.390. The molecule has 2 heterocycles. The van der Waals surface area contributed by atoms with Gasteiger partial charge in [0, 0.05) is 11.9 Å².